The Hall–Kier alpha value is -1.72. The molecule has 0 aliphatic heterocycles. The second kappa shape index (κ2) is 4.87. The van der Waals surface area contributed by atoms with E-state index in [2.05, 4.69) is 0 Å². The van der Waals surface area contributed by atoms with E-state index in [-0.39, 0.29) is 12.0 Å². The van der Waals surface area contributed by atoms with Crippen LogP contribution in [0.2, 0.25) is 0 Å². The molecule has 1 unspecified atom stereocenters. The Morgan fingerprint density at radius 2 is 1.81 bits per heavy atom. The van der Waals surface area contributed by atoms with Crippen LogP contribution in [0.4, 0.5) is 0 Å². The second-order valence-corrected chi connectivity index (χ2v) is 3.45. The highest BCUT2D eigenvalue weighted by molar-refractivity contribution is 6.15. The van der Waals surface area contributed by atoms with Gasteiger partial charge in [-0.25, -0.2) is 4.79 Å². The number of aliphatic carboxylic acids is 1. The molecular weight excluding hydrogens is 210 g/mol. The summed E-state index contributed by atoms with van der Waals surface area (Å²) in [4.78, 5) is 22.9. The van der Waals surface area contributed by atoms with Gasteiger partial charge in [0.25, 0.3) is 0 Å². The maximum Gasteiger partial charge on any atom is 0.331 e. The number of rotatable bonds is 5. The van der Waals surface area contributed by atoms with Crippen molar-refractivity contribution in [3.8, 4) is 0 Å². The van der Waals surface area contributed by atoms with Crippen LogP contribution in [0.15, 0.2) is 30.3 Å². The predicted octanol–water partition coefficient (Wildman–Crippen LogP) is 0.0338. The molecule has 0 saturated heterocycles. The Kier molecular flexibility index (Phi) is 3.76. The molecule has 1 aromatic rings. The van der Waals surface area contributed by atoms with Crippen LogP contribution in [0.1, 0.15) is 16.8 Å². The van der Waals surface area contributed by atoms with E-state index in [1.807, 2.05) is 0 Å². The van der Waals surface area contributed by atoms with Crippen LogP contribution in [0.3, 0.4) is 0 Å². The number of Topliss-reactive ketones (excluding diaryl/α,β-unsaturated/α-hetero) is 1. The van der Waals surface area contributed by atoms with Gasteiger partial charge in [-0.15, -0.1) is 0 Å². The van der Waals surface area contributed by atoms with E-state index < -0.39 is 23.9 Å². The molecule has 0 bridgehead atoms. The largest absolute Gasteiger partial charge is 0.480 e. The van der Waals surface area contributed by atoms with E-state index in [9.17, 15) is 9.59 Å². The summed E-state index contributed by atoms with van der Waals surface area (Å²) in [6, 6.07) is 7.93. The number of carbonyl (C=O) groups excluding carboxylic acids is 1. The smallest absolute Gasteiger partial charge is 0.331 e. The first-order valence-corrected chi connectivity index (χ1v) is 4.75. The average molecular weight is 223 g/mol. The quantitative estimate of drug-likeness (QED) is 0.483. The van der Waals surface area contributed by atoms with Crippen molar-refractivity contribution in [2.45, 2.75) is 12.0 Å². The summed E-state index contributed by atoms with van der Waals surface area (Å²) in [5.41, 5.74) is 3.68. The third-order valence-electron chi connectivity index (χ3n) is 2.33. The van der Waals surface area contributed by atoms with Crippen LogP contribution in [0.5, 0.6) is 0 Å². The average Bonchev–Trinajstić information content (AvgIpc) is 2.29. The zero-order valence-electron chi connectivity index (χ0n) is 8.59. The minimum atomic E-state index is -2.06. The summed E-state index contributed by atoms with van der Waals surface area (Å²) in [5.74, 6) is -2.13. The molecule has 1 atom stereocenters. The maximum atomic E-state index is 11.9. The molecule has 86 valence electrons. The van der Waals surface area contributed by atoms with Gasteiger partial charge in [0, 0.05) is 18.6 Å². The highest BCUT2D eigenvalue weighted by Crippen LogP contribution is 2.15. The van der Waals surface area contributed by atoms with Gasteiger partial charge >= 0.3 is 5.97 Å². The summed E-state index contributed by atoms with van der Waals surface area (Å²) < 4.78 is 0. The van der Waals surface area contributed by atoms with E-state index in [0.29, 0.717) is 0 Å². The van der Waals surface area contributed by atoms with Crippen molar-refractivity contribution >= 4 is 11.8 Å². The van der Waals surface area contributed by atoms with Crippen molar-refractivity contribution in [1.29, 1.82) is 0 Å². The van der Waals surface area contributed by atoms with Crippen molar-refractivity contribution in [3.63, 3.8) is 0 Å². The number of carbonyl (C=O) groups is 2. The van der Waals surface area contributed by atoms with E-state index in [0.717, 1.165) is 0 Å². The molecule has 5 nitrogen and oxygen atoms in total. The van der Waals surface area contributed by atoms with Gasteiger partial charge in [0.15, 0.2) is 11.3 Å². The van der Waals surface area contributed by atoms with Gasteiger partial charge in [-0.2, -0.15) is 0 Å². The Balaban J connectivity index is 3.06. The van der Waals surface area contributed by atoms with Crippen LogP contribution in [-0.4, -0.2) is 34.1 Å². The molecular formula is C11H13NO4. The van der Waals surface area contributed by atoms with Crippen LogP contribution < -0.4 is 5.73 Å². The third-order valence-corrected chi connectivity index (χ3v) is 2.33. The zero-order valence-corrected chi connectivity index (χ0v) is 8.59. The van der Waals surface area contributed by atoms with Crippen LogP contribution >= 0.6 is 0 Å². The van der Waals surface area contributed by atoms with Crippen molar-refractivity contribution in [2.75, 3.05) is 6.61 Å². The summed E-state index contributed by atoms with van der Waals surface area (Å²) in [6.07, 6.45) is -0.309. The number of aliphatic hydroxyl groups excluding tert-OH is 1. The highest BCUT2D eigenvalue weighted by atomic mass is 16.4. The van der Waals surface area contributed by atoms with E-state index >= 15 is 0 Å². The van der Waals surface area contributed by atoms with Gasteiger partial charge in [0.1, 0.15) is 0 Å². The predicted molar refractivity (Wildman–Crippen MR) is 57.0 cm³/mol. The van der Waals surface area contributed by atoms with Gasteiger partial charge < -0.3 is 15.9 Å². The molecule has 1 aromatic carbocycles. The summed E-state index contributed by atoms with van der Waals surface area (Å²) in [5, 5.41) is 17.7. The number of nitrogens with two attached hydrogens (primary N) is 1. The fourth-order valence-corrected chi connectivity index (χ4v) is 1.34. The van der Waals surface area contributed by atoms with Crippen LogP contribution in [0.25, 0.3) is 0 Å². The summed E-state index contributed by atoms with van der Waals surface area (Å²) >= 11 is 0. The molecule has 0 radical (unpaired) electrons. The first-order valence-electron chi connectivity index (χ1n) is 4.75. The van der Waals surface area contributed by atoms with Crippen molar-refractivity contribution in [1.82, 2.24) is 0 Å². The Bertz CT molecular complexity index is 390. The van der Waals surface area contributed by atoms with Crippen molar-refractivity contribution < 1.29 is 19.8 Å². The Labute approximate surface area is 92.5 Å². The fourth-order valence-electron chi connectivity index (χ4n) is 1.34. The molecule has 16 heavy (non-hydrogen) atoms. The second-order valence-electron chi connectivity index (χ2n) is 3.45. The topological polar surface area (TPSA) is 101 Å². The minimum absolute atomic E-state index is 0.223. The first-order chi connectivity index (χ1) is 7.52. The Morgan fingerprint density at radius 1 is 1.25 bits per heavy atom. The molecule has 0 heterocycles. The first kappa shape index (κ1) is 12.4. The zero-order chi connectivity index (χ0) is 12.2. The normalized spacial score (nSPS) is 14.1. The number of aliphatic hydroxyl groups is 1. The lowest BCUT2D eigenvalue weighted by atomic mass is 9.87. The van der Waals surface area contributed by atoms with E-state index in [1.54, 1.807) is 18.2 Å². The molecule has 0 saturated carbocycles. The lowest BCUT2D eigenvalue weighted by Crippen LogP contribution is -2.55. The van der Waals surface area contributed by atoms with E-state index in [1.165, 1.54) is 12.1 Å². The highest BCUT2D eigenvalue weighted by Gasteiger charge is 2.41. The third kappa shape index (κ3) is 2.26. The molecule has 0 aromatic heterocycles. The Morgan fingerprint density at radius 3 is 2.25 bits per heavy atom. The van der Waals surface area contributed by atoms with Crippen molar-refractivity contribution in [2.24, 2.45) is 5.73 Å². The monoisotopic (exact) mass is 223 g/mol. The van der Waals surface area contributed by atoms with Crippen LogP contribution in [0, 0.1) is 0 Å². The molecule has 0 aliphatic carbocycles. The van der Waals surface area contributed by atoms with Crippen molar-refractivity contribution in [3.05, 3.63) is 35.9 Å². The van der Waals surface area contributed by atoms with Gasteiger partial charge in [0.2, 0.25) is 0 Å². The summed E-state index contributed by atoms with van der Waals surface area (Å²) in [6.45, 7) is -0.457. The van der Waals surface area contributed by atoms with Gasteiger partial charge in [0.05, 0.1) is 0 Å². The standard InChI is InChI=1S/C11H13NO4/c12-11(6-7-13,10(15)16)9(14)8-4-2-1-3-5-8/h1-5,13H,6-7,12H2,(H,15,16). The number of ketones is 1. The number of carboxylic acid groups (broad SMARTS) is 1. The maximum absolute atomic E-state index is 11.9. The molecule has 5 heteroatoms. The van der Waals surface area contributed by atoms with Crippen LogP contribution in [-0.2, 0) is 4.79 Å². The molecule has 4 N–H and O–H groups in total. The molecule has 0 amide bonds. The SMILES string of the molecule is NC(CCO)(C(=O)O)C(=O)c1ccccc1. The number of carboxylic acids is 1. The number of hydrogen-bond acceptors (Lipinski definition) is 4. The lowest BCUT2D eigenvalue weighted by molar-refractivity contribution is -0.141. The number of benzene rings is 1. The lowest BCUT2D eigenvalue weighted by Gasteiger charge is -2.22. The molecule has 0 aliphatic rings. The van der Waals surface area contributed by atoms with Gasteiger partial charge in [-0.1, -0.05) is 30.3 Å². The number of hydrogen-bond donors (Lipinski definition) is 3. The minimum Gasteiger partial charge on any atom is -0.480 e. The summed E-state index contributed by atoms with van der Waals surface area (Å²) in [7, 11) is 0. The fraction of sp³-hybridized carbons (Fsp3) is 0.273. The van der Waals surface area contributed by atoms with E-state index in [4.69, 9.17) is 15.9 Å². The molecule has 0 spiro atoms. The van der Waals surface area contributed by atoms with Gasteiger partial charge in [-0.3, -0.25) is 4.79 Å². The van der Waals surface area contributed by atoms with Gasteiger partial charge in [-0.05, 0) is 0 Å². The molecule has 1 rings (SSSR count). The molecule has 0 fully saturated rings.